The molecule has 5 aromatic rings. The molecule has 1 aliphatic rings. The summed E-state index contributed by atoms with van der Waals surface area (Å²) in [6.45, 7) is 2.93. The van der Waals surface area contributed by atoms with Gasteiger partial charge in [0.1, 0.15) is 40.9 Å². The van der Waals surface area contributed by atoms with Crippen molar-refractivity contribution in [2.45, 2.75) is 70.3 Å². The Morgan fingerprint density at radius 1 is 1.03 bits per heavy atom. The first-order valence-electron chi connectivity index (χ1n) is 17.2. The molecule has 1 aliphatic carbocycles. The van der Waals surface area contributed by atoms with E-state index in [1.807, 2.05) is 0 Å². The van der Waals surface area contributed by atoms with Crippen molar-refractivity contribution >= 4 is 40.1 Å². The van der Waals surface area contributed by atoms with E-state index >= 15 is 8.78 Å². The second-order valence-electron chi connectivity index (χ2n) is 14.2. The maximum absolute atomic E-state index is 15.3. The number of nitrogens with one attached hydrogen (secondary N) is 2. The fourth-order valence-corrected chi connectivity index (χ4v) is 6.96. The van der Waals surface area contributed by atoms with E-state index in [1.54, 1.807) is 5.32 Å². The Hall–Kier alpha value is -5.61. The number of carbonyl (C=O) groups is 2. The van der Waals surface area contributed by atoms with E-state index in [2.05, 4.69) is 32.3 Å². The number of amides is 2. The number of hydrogen-bond donors (Lipinski definition) is 3. The quantitative estimate of drug-likeness (QED) is 0.103. The molecule has 0 aliphatic heterocycles. The number of aryl methyl sites for hydroxylation is 1. The average Bonchev–Trinajstić information content (AvgIpc) is 3.71. The van der Waals surface area contributed by atoms with Gasteiger partial charge in [-0.3, -0.25) is 19.0 Å². The number of alkyl halides is 7. The number of aliphatic hydroxyl groups is 1. The first-order chi connectivity index (χ1) is 26.9. The van der Waals surface area contributed by atoms with Crippen LogP contribution in [0.25, 0.3) is 22.0 Å². The minimum absolute atomic E-state index is 0.0148. The van der Waals surface area contributed by atoms with E-state index in [9.17, 15) is 45.4 Å². The minimum atomic E-state index is -5.29. The molecule has 0 bridgehead atoms. The molecule has 0 fully saturated rings. The first kappa shape index (κ1) is 42.0. The van der Waals surface area contributed by atoms with E-state index in [0.717, 1.165) is 23.7 Å². The molecule has 3 heterocycles. The number of aromatic nitrogens is 5. The van der Waals surface area contributed by atoms with Crippen molar-refractivity contribution in [1.29, 1.82) is 0 Å². The number of rotatable bonds is 9. The zero-order valence-electron chi connectivity index (χ0n) is 30.7. The van der Waals surface area contributed by atoms with Gasteiger partial charge < -0.3 is 15.7 Å². The van der Waals surface area contributed by atoms with Gasteiger partial charge in [-0.05, 0) is 68.5 Å². The molecule has 3 N–H and O–H groups in total. The predicted molar refractivity (Wildman–Crippen MR) is 192 cm³/mol. The van der Waals surface area contributed by atoms with Gasteiger partial charge in [0.15, 0.2) is 5.82 Å². The summed E-state index contributed by atoms with van der Waals surface area (Å²) in [7, 11) is 1.34. The average molecular weight is 840 g/mol. The second-order valence-corrected chi connectivity index (χ2v) is 14.6. The van der Waals surface area contributed by atoms with Crippen molar-refractivity contribution in [1.82, 2.24) is 29.9 Å². The van der Waals surface area contributed by atoms with Crippen molar-refractivity contribution in [3.05, 3.63) is 93.0 Å². The van der Waals surface area contributed by atoms with E-state index < -0.39 is 96.1 Å². The van der Waals surface area contributed by atoms with Crippen molar-refractivity contribution in [3.63, 3.8) is 0 Å². The van der Waals surface area contributed by atoms with Crippen LogP contribution in [-0.4, -0.2) is 53.2 Å². The Labute approximate surface area is 328 Å². The minimum Gasteiger partial charge on any atom is -0.378 e. The fourth-order valence-electron chi connectivity index (χ4n) is 6.72. The molecule has 0 spiro atoms. The lowest BCUT2D eigenvalue weighted by molar-refractivity contribution is -0.167. The number of halogens is 10. The highest BCUT2D eigenvalue weighted by molar-refractivity contribution is 6.37. The zero-order valence-corrected chi connectivity index (χ0v) is 31.4. The summed E-state index contributed by atoms with van der Waals surface area (Å²) in [5.74, 6) is -5.71. The highest BCUT2D eigenvalue weighted by Crippen LogP contribution is 2.48. The van der Waals surface area contributed by atoms with Crippen LogP contribution in [0, 0.1) is 29.4 Å². The van der Waals surface area contributed by atoms with Gasteiger partial charge in [-0.25, -0.2) is 22.5 Å². The van der Waals surface area contributed by atoms with Crippen LogP contribution in [0.5, 0.6) is 0 Å². The standard InChI is InChI=1S/C38H31ClF9N7O3/c1-17-11-24-30(33(42)43)52-55(32(24)37(17,44)45)16-27(56)50-26(14-18-12-19(40)15-20(41)13-18)29-22(6-5-21(49-29)9-10-36(2,3)58)23-7-8-25(39)28-31(23)54(4)53-34(28)51-35(57)38(46,47)48/h5-8,12-13,15,17,26,33,58H,11,14,16H2,1-4H3,(H,50,56)(H,51,53,57). The third-order valence-electron chi connectivity index (χ3n) is 9.19. The lowest BCUT2D eigenvalue weighted by Gasteiger charge is -2.23. The first-order valence-corrected chi connectivity index (χ1v) is 17.6. The van der Waals surface area contributed by atoms with Gasteiger partial charge in [-0.15, -0.1) is 0 Å². The van der Waals surface area contributed by atoms with Gasteiger partial charge in [0.05, 0.1) is 27.7 Å². The Bertz CT molecular complexity index is 2500. The molecule has 0 saturated heterocycles. The zero-order chi connectivity index (χ0) is 42.6. The number of pyridine rings is 1. The number of fused-ring (bicyclic) bond motifs is 2. The summed E-state index contributed by atoms with van der Waals surface area (Å²) < 4.78 is 129. The van der Waals surface area contributed by atoms with Crippen LogP contribution in [0.2, 0.25) is 5.02 Å². The van der Waals surface area contributed by atoms with Gasteiger partial charge in [0, 0.05) is 35.7 Å². The third kappa shape index (κ3) is 8.48. The molecular weight excluding hydrogens is 809 g/mol. The van der Waals surface area contributed by atoms with E-state index in [4.69, 9.17) is 11.6 Å². The predicted octanol–water partition coefficient (Wildman–Crippen LogP) is 7.71. The maximum Gasteiger partial charge on any atom is 0.471 e. The molecule has 2 unspecified atom stereocenters. The van der Waals surface area contributed by atoms with E-state index in [1.165, 1.54) is 45.2 Å². The second kappa shape index (κ2) is 15.3. The largest absolute Gasteiger partial charge is 0.471 e. The van der Waals surface area contributed by atoms with Crippen molar-refractivity contribution in [2.24, 2.45) is 13.0 Å². The van der Waals surface area contributed by atoms with Crippen LogP contribution < -0.4 is 10.6 Å². The van der Waals surface area contributed by atoms with Gasteiger partial charge in [-0.2, -0.15) is 32.1 Å². The van der Waals surface area contributed by atoms with Crippen molar-refractivity contribution in [3.8, 4) is 23.0 Å². The monoisotopic (exact) mass is 839 g/mol. The van der Waals surface area contributed by atoms with Crippen LogP contribution >= 0.6 is 11.6 Å². The van der Waals surface area contributed by atoms with Gasteiger partial charge in [0.25, 0.3) is 12.3 Å². The molecule has 2 atom stereocenters. The molecule has 3 aromatic heterocycles. The third-order valence-corrected chi connectivity index (χ3v) is 9.51. The van der Waals surface area contributed by atoms with Gasteiger partial charge in [-0.1, -0.05) is 30.5 Å². The highest BCUT2D eigenvalue weighted by atomic mass is 35.5. The van der Waals surface area contributed by atoms with Crippen LogP contribution in [0.1, 0.15) is 67.1 Å². The normalized spacial score (nSPS) is 15.6. The van der Waals surface area contributed by atoms with E-state index in [0.29, 0.717) is 10.7 Å². The molecule has 10 nitrogen and oxygen atoms in total. The Morgan fingerprint density at radius 3 is 2.31 bits per heavy atom. The number of nitrogens with zero attached hydrogens (tertiary/aromatic N) is 5. The molecule has 6 rings (SSSR count). The molecule has 2 aromatic carbocycles. The summed E-state index contributed by atoms with van der Waals surface area (Å²) in [4.78, 5) is 30.4. The van der Waals surface area contributed by atoms with Crippen LogP contribution in [0.15, 0.2) is 42.5 Å². The van der Waals surface area contributed by atoms with Crippen molar-refractivity contribution < 1.29 is 54.2 Å². The molecule has 0 saturated carbocycles. The summed E-state index contributed by atoms with van der Waals surface area (Å²) in [6.07, 6.45) is -9.39. The molecule has 58 heavy (non-hydrogen) atoms. The Morgan fingerprint density at radius 2 is 1.69 bits per heavy atom. The molecular formula is C38H31ClF9N7O3. The highest BCUT2D eigenvalue weighted by Gasteiger charge is 2.51. The topological polar surface area (TPSA) is 127 Å². The number of hydrogen-bond acceptors (Lipinski definition) is 6. The molecule has 306 valence electrons. The Kier molecular flexibility index (Phi) is 11.1. The van der Waals surface area contributed by atoms with Crippen LogP contribution in [0.4, 0.5) is 45.3 Å². The van der Waals surface area contributed by atoms with Crippen LogP contribution in [-0.2, 0) is 41.9 Å². The number of carbonyl (C=O) groups excluding carboxylic acids is 2. The lowest BCUT2D eigenvalue weighted by atomic mass is 9.93. The van der Waals surface area contributed by atoms with Gasteiger partial charge >= 0.3 is 12.1 Å². The Balaban J connectivity index is 1.53. The number of anilines is 1. The summed E-state index contributed by atoms with van der Waals surface area (Å²) in [6, 6.07) is 6.59. The van der Waals surface area contributed by atoms with E-state index in [-0.39, 0.29) is 49.6 Å². The number of benzene rings is 2. The maximum atomic E-state index is 15.3. The van der Waals surface area contributed by atoms with Crippen LogP contribution in [0.3, 0.4) is 0 Å². The fraction of sp³-hybridized carbons (Fsp3) is 0.342. The smallest absolute Gasteiger partial charge is 0.378 e. The molecule has 0 radical (unpaired) electrons. The lowest BCUT2D eigenvalue weighted by Crippen LogP contribution is -2.35. The summed E-state index contributed by atoms with van der Waals surface area (Å²) in [5.41, 5.74) is -3.53. The SMILES string of the molecule is CC1Cc2c(C(F)F)nn(CC(=O)NC(Cc3cc(F)cc(F)c3)c3nc(C#CC(C)(C)O)ccc3-c3ccc(Cl)c4c(NC(=O)C(F)(F)F)nn(C)c34)c2C1(F)F. The molecule has 20 heteroatoms. The van der Waals surface area contributed by atoms with Crippen molar-refractivity contribution in [2.75, 3.05) is 5.32 Å². The molecule has 2 amide bonds. The summed E-state index contributed by atoms with van der Waals surface area (Å²) >= 11 is 6.44. The summed E-state index contributed by atoms with van der Waals surface area (Å²) in [5, 5.41) is 22.0. The van der Waals surface area contributed by atoms with Gasteiger partial charge in [0.2, 0.25) is 5.91 Å².